The minimum Gasteiger partial charge on any atom is -0.507 e. The molecule has 0 aliphatic carbocycles. The minimum absolute atomic E-state index is 0.0760. The number of quaternary nitrogens is 1. The van der Waals surface area contributed by atoms with Crippen LogP contribution in [0.5, 0.6) is 5.75 Å². The molecule has 26 heavy (non-hydrogen) atoms. The first-order valence-electron chi connectivity index (χ1n) is 9.13. The van der Waals surface area contributed by atoms with Crippen molar-refractivity contribution in [2.24, 2.45) is 0 Å². The fraction of sp³-hybridized carbons (Fsp3) is 0.400. The Morgan fingerprint density at radius 1 is 1.35 bits per heavy atom. The van der Waals surface area contributed by atoms with Gasteiger partial charge in [0.25, 0.3) is 0 Å². The zero-order chi connectivity index (χ0) is 18.3. The summed E-state index contributed by atoms with van der Waals surface area (Å²) in [5, 5.41) is 13.9. The number of fused-ring (bicyclic) bond motifs is 1. The Labute approximate surface area is 155 Å². The van der Waals surface area contributed by atoms with E-state index in [1.54, 1.807) is 6.07 Å². The largest absolute Gasteiger partial charge is 0.507 e. The van der Waals surface area contributed by atoms with Gasteiger partial charge in [-0.15, -0.1) is 11.3 Å². The van der Waals surface area contributed by atoms with Crippen LogP contribution in [-0.2, 0) is 13.0 Å². The van der Waals surface area contributed by atoms with E-state index in [1.165, 1.54) is 35.3 Å². The molecule has 4 rings (SSSR count). The van der Waals surface area contributed by atoms with E-state index in [1.807, 2.05) is 19.2 Å². The third-order valence-electron chi connectivity index (χ3n) is 5.18. The molecule has 0 spiro atoms. The number of aromatic hydroxyl groups is 1. The molecule has 2 aromatic heterocycles. The lowest BCUT2D eigenvalue weighted by molar-refractivity contribution is -0.901. The maximum Gasteiger partial charge on any atom is 0.202 e. The van der Waals surface area contributed by atoms with Crippen LogP contribution in [0, 0.1) is 6.92 Å². The number of likely N-dealkylation sites (tertiary alicyclic amines) is 1. The Morgan fingerprint density at radius 2 is 2.12 bits per heavy atom. The smallest absolute Gasteiger partial charge is 0.202 e. The molecule has 0 atom stereocenters. The average Bonchev–Trinajstić information content (AvgIpc) is 3.29. The van der Waals surface area contributed by atoms with Crippen LogP contribution in [0.15, 0.2) is 26.9 Å². The number of rotatable bonds is 4. The highest BCUT2D eigenvalue weighted by molar-refractivity contribution is 7.13. The summed E-state index contributed by atoms with van der Waals surface area (Å²) in [6.07, 6.45) is 4.58. The van der Waals surface area contributed by atoms with Gasteiger partial charge in [0.15, 0.2) is 0 Å². The third-order valence-corrected chi connectivity index (χ3v) is 6.17. The second-order valence-electron chi connectivity index (χ2n) is 7.00. The molecule has 6 heteroatoms. The number of nitrogens with one attached hydrogen (secondary N) is 1. The van der Waals surface area contributed by atoms with Gasteiger partial charge in [-0.05, 0) is 25.0 Å². The summed E-state index contributed by atoms with van der Waals surface area (Å²) in [5.74, 6) is 0.278. The summed E-state index contributed by atoms with van der Waals surface area (Å²) in [5.41, 5.74) is 3.38. The number of nitrogens with zero attached hydrogens (tertiary/aromatic N) is 1. The molecular formula is C20H23N2O3S+. The van der Waals surface area contributed by atoms with Gasteiger partial charge in [0.05, 0.1) is 29.6 Å². The van der Waals surface area contributed by atoms with E-state index in [-0.39, 0.29) is 11.2 Å². The zero-order valence-corrected chi connectivity index (χ0v) is 15.9. The van der Waals surface area contributed by atoms with E-state index >= 15 is 0 Å². The molecule has 1 aromatic carbocycles. The molecule has 0 amide bonds. The van der Waals surface area contributed by atoms with Crippen molar-refractivity contribution < 1.29 is 14.4 Å². The first-order valence-corrected chi connectivity index (χ1v) is 10.0. The van der Waals surface area contributed by atoms with Crippen LogP contribution < -0.4 is 10.3 Å². The summed E-state index contributed by atoms with van der Waals surface area (Å²) in [4.78, 5) is 19.0. The number of benzene rings is 1. The fourth-order valence-corrected chi connectivity index (χ4v) is 4.55. The van der Waals surface area contributed by atoms with Gasteiger partial charge in [0.2, 0.25) is 5.43 Å². The number of phenols is 1. The normalized spacial score (nSPS) is 15.2. The number of aromatic nitrogens is 1. The molecule has 5 nitrogen and oxygen atoms in total. The van der Waals surface area contributed by atoms with Crippen LogP contribution in [0.3, 0.4) is 0 Å². The summed E-state index contributed by atoms with van der Waals surface area (Å²) in [6.45, 7) is 6.78. The van der Waals surface area contributed by atoms with Gasteiger partial charge < -0.3 is 14.4 Å². The van der Waals surface area contributed by atoms with Crippen molar-refractivity contribution in [3.8, 4) is 16.3 Å². The van der Waals surface area contributed by atoms with Crippen LogP contribution in [0.1, 0.15) is 36.6 Å². The maximum atomic E-state index is 13.1. The van der Waals surface area contributed by atoms with Crippen molar-refractivity contribution >= 4 is 22.3 Å². The van der Waals surface area contributed by atoms with Crippen molar-refractivity contribution in [3.63, 3.8) is 0 Å². The zero-order valence-electron chi connectivity index (χ0n) is 15.1. The highest BCUT2D eigenvalue weighted by atomic mass is 32.1. The van der Waals surface area contributed by atoms with Gasteiger partial charge in [-0.3, -0.25) is 4.79 Å². The summed E-state index contributed by atoms with van der Waals surface area (Å²) in [6, 6.07) is 1.78. The summed E-state index contributed by atoms with van der Waals surface area (Å²) < 4.78 is 5.90. The lowest BCUT2D eigenvalue weighted by Gasteiger charge is -2.16. The second-order valence-corrected chi connectivity index (χ2v) is 7.86. The molecule has 1 fully saturated rings. The highest BCUT2D eigenvalue weighted by Crippen LogP contribution is 2.32. The van der Waals surface area contributed by atoms with Crippen LogP contribution in [0.2, 0.25) is 0 Å². The lowest BCUT2D eigenvalue weighted by Crippen LogP contribution is -3.08. The van der Waals surface area contributed by atoms with Gasteiger partial charge in [-0.1, -0.05) is 6.92 Å². The predicted octanol–water partition coefficient (Wildman–Crippen LogP) is 2.67. The van der Waals surface area contributed by atoms with Gasteiger partial charge in [0.1, 0.15) is 29.1 Å². The molecule has 136 valence electrons. The van der Waals surface area contributed by atoms with Gasteiger partial charge in [-0.25, -0.2) is 4.98 Å². The van der Waals surface area contributed by atoms with E-state index < -0.39 is 0 Å². The fourth-order valence-electron chi connectivity index (χ4n) is 3.75. The Morgan fingerprint density at radius 3 is 2.77 bits per heavy atom. The second kappa shape index (κ2) is 6.85. The minimum atomic E-state index is -0.0760. The topological polar surface area (TPSA) is 67.8 Å². The Bertz CT molecular complexity index is 1020. The summed E-state index contributed by atoms with van der Waals surface area (Å²) in [7, 11) is 0. The monoisotopic (exact) mass is 371 g/mol. The third kappa shape index (κ3) is 2.93. The van der Waals surface area contributed by atoms with Crippen molar-refractivity contribution in [2.75, 3.05) is 13.1 Å². The first kappa shape index (κ1) is 17.2. The van der Waals surface area contributed by atoms with Crippen LogP contribution in [-0.4, -0.2) is 23.2 Å². The molecule has 0 unspecified atom stereocenters. The van der Waals surface area contributed by atoms with Crippen molar-refractivity contribution in [1.29, 1.82) is 0 Å². The summed E-state index contributed by atoms with van der Waals surface area (Å²) >= 11 is 1.44. The molecule has 1 saturated heterocycles. The number of hydrogen-bond donors (Lipinski definition) is 2. The molecule has 3 aromatic rings. The Balaban J connectivity index is 1.91. The Kier molecular flexibility index (Phi) is 4.54. The van der Waals surface area contributed by atoms with Crippen LogP contribution >= 0.6 is 11.3 Å². The highest BCUT2D eigenvalue weighted by Gasteiger charge is 2.24. The first-order chi connectivity index (χ1) is 12.6. The number of phenolic OH excluding ortho intramolecular Hbond substituents is 1. The lowest BCUT2D eigenvalue weighted by atomic mass is 10.0. The average molecular weight is 371 g/mol. The van der Waals surface area contributed by atoms with Gasteiger partial charge in [0, 0.05) is 23.9 Å². The van der Waals surface area contributed by atoms with Crippen LogP contribution in [0.4, 0.5) is 0 Å². The van der Waals surface area contributed by atoms with Crippen molar-refractivity contribution in [2.45, 2.75) is 39.7 Å². The van der Waals surface area contributed by atoms with Gasteiger partial charge >= 0.3 is 0 Å². The number of hydrogen-bond acceptors (Lipinski definition) is 5. The quantitative estimate of drug-likeness (QED) is 0.740. The van der Waals surface area contributed by atoms with E-state index in [9.17, 15) is 9.90 Å². The standard InChI is InChI=1S/C20H22N2O3S/c1-3-13-8-14-18(24)16(20-21-12(2)11-26-20)10-25-19(14)15(17(13)23)9-22-6-4-5-7-22/h8,10-11,23H,3-7,9H2,1-2H3/p+1. The Hall–Kier alpha value is -2.18. The molecular weight excluding hydrogens is 348 g/mol. The van der Waals surface area contributed by atoms with E-state index in [2.05, 4.69) is 4.98 Å². The molecule has 0 bridgehead atoms. The van der Waals surface area contributed by atoms with E-state index in [0.29, 0.717) is 34.5 Å². The molecule has 1 aliphatic heterocycles. The molecule has 0 saturated carbocycles. The van der Waals surface area contributed by atoms with Crippen molar-refractivity contribution in [3.05, 3.63) is 44.8 Å². The predicted molar refractivity (Wildman–Crippen MR) is 103 cm³/mol. The van der Waals surface area contributed by atoms with Crippen molar-refractivity contribution in [1.82, 2.24) is 4.98 Å². The number of aryl methyl sites for hydroxylation is 2. The van der Waals surface area contributed by atoms with E-state index in [0.717, 1.165) is 29.9 Å². The maximum absolute atomic E-state index is 13.1. The number of thiazole rings is 1. The molecule has 2 N–H and O–H groups in total. The SMILES string of the molecule is CCc1cc2c(=O)c(-c3nc(C)cs3)coc2c(C[NH+]2CCCC2)c1O. The molecule has 3 heterocycles. The molecule has 0 radical (unpaired) electrons. The molecule has 1 aliphatic rings. The van der Waals surface area contributed by atoms with E-state index in [4.69, 9.17) is 4.42 Å². The van der Waals surface area contributed by atoms with Gasteiger partial charge in [-0.2, -0.15) is 0 Å². The van der Waals surface area contributed by atoms with Crippen LogP contribution in [0.25, 0.3) is 21.5 Å².